The van der Waals surface area contributed by atoms with Gasteiger partial charge < -0.3 is 0 Å². The molecule has 4 heteroatoms. The molecule has 1 N–H and O–H groups in total. The highest BCUT2D eigenvalue weighted by molar-refractivity contribution is 5.72. The molecule has 2 rings (SSSR count). The van der Waals surface area contributed by atoms with Gasteiger partial charge in [0, 0.05) is 0 Å². The van der Waals surface area contributed by atoms with Crippen LogP contribution in [0.2, 0.25) is 0 Å². The minimum atomic E-state index is 0.811. The molecule has 0 fully saturated rings. The minimum Gasteiger partial charge on any atom is -0.276 e. The first-order valence-corrected chi connectivity index (χ1v) is 3.00. The quantitative estimate of drug-likeness (QED) is 0.575. The van der Waals surface area contributed by atoms with Crippen LogP contribution in [0.25, 0.3) is 11.0 Å². The van der Waals surface area contributed by atoms with E-state index in [2.05, 4.69) is 20.4 Å². The van der Waals surface area contributed by atoms with Gasteiger partial charge in [-0.3, -0.25) is 5.10 Å². The Morgan fingerprint density at radius 1 is 1.40 bits per heavy atom. The number of rotatable bonds is 0. The summed E-state index contributed by atoms with van der Waals surface area (Å²) in [6.45, 7) is 1.90. The number of fused-ring (bicyclic) bond motifs is 1. The van der Waals surface area contributed by atoms with Crippen LogP contribution in [0.1, 0.15) is 5.69 Å². The molecule has 0 aliphatic rings. The normalized spacial score (nSPS) is 10.5. The van der Waals surface area contributed by atoms with Gasteiger partial charge in [0.25, 0.3) is 0 Å². The molecule has 0 aliphatic carbocycles. The SMILES string of the molecule is Cc1cc2[nH]ncc2nn1. The molecular formula is C6H6N4. The standard InChI is InChI=1S/C6H6N4/c1-4-2-5-6(10-8-4)3-7-9-5/h2-3H,1H3,(H,7,9). The van der Waals surface area contributed by atoms with E-state index in [4.69, 9.17) is 0 Å². The van der Waals surface area contributed by atoms with Gasteiger partial charge in [0.05, 0.1) is 17.4 Å². The third-order valence-corrected chi connectivity index (χ3v) is 1.32. The predicted octanol–water partition coefficient (Wildman–Crippen LogP) is 0.661. The van der Waals surface area contributed by atoms with Gasteiger partial charge >= 0.3 is 0 Å². The third kappa shape index (κ3) is 0.655. The first kappa shape index (κ1) is 5.34. The zero-order valence-electron chi connectivity index (χ0n) is 5.50. The molecule has 0 atom stereocenters. The van der Waals surface area contributed by atoms with Crippen molar-refractivity contribution in [2.75, 3.05) is 0 Å². The number of H-pyrrole nitrogens is 1. The number of nitrogens with one attached hydrogen (secondary N) is 1. The molecule has 0 aliphatic heterocycles. The number of aromatic amines is 1. The zero-order valence-corrected chi connectivity index (χ0v) is 5.50. The number of nitrogens with zero attached hydrogens (tertiary/aromatic N) is 3. The highest BCUT2D eigenvalue weighted by Gasteiger charge is 1.95. The average molecular weight is 134 g/mol. The Hall–Kier alpha value is -1.45. The predicted molar refractivity (Wildman–Crippen MR) is 36.4 cm³/mol. The molecule has 10 heavy (non-hydrogen) atoms. The molecule has 0 saturated heterocycles. The molecule has 0 amide bonds. The lowest BCUT2D eigenvalue weighted by Crippen LogP contribution is -1.84. The van der Waals surface area contributed by atoms with Gasteiger partial charge in [0.2, 0.25) is 0 Å². The highest BCUT2D eigenvalue weighted by atomic mass is 15.2. The number of aromatic nitrogens is 4. The van der Waals surface area contributed by atoms with Crippen molar-refractivity contribution >= 4 is 11.0 Å². The van der Waals surface area contributed by atoms with Crippen LogP contribution in [0.3, 0.4) is 0 Å². The van der Waals surface area contributed by atoms with Crippen LogP contribution in [-0.4, -0.2) is 20.4 Å². The van der Waals surface area contributed by atoms with Crippen molar-refractivity contribution in [3.63, 3.8) is 0 Å². The Morgan fingerprint density at radius 3 is 3.20 bits per heavy atom. The van der Waals surface area contributed by atoms with E-state index in [1.54, 1.807) is 6.20 Å². The smallest absolute Gasteiger partial charge is 0.131 e. The molecule has 50 valence electrons. The highest BCUT2D eigenvalue weighted by Crippen LogP contribution is 2.04. The van der Waals surface area contributed by atoms with E-state index >= 15 is 0 Å². The maximum Gasteiger partial charge on any atom is 0.131 e. The summed E-state index contributed by atoms with van der Waals surface area (Å²) in [5.74, 6) is 0. The van der Waals surface area contributed by atoms with Crippen LogP contribution < -0.4 is 0 Å². The van der Waals surface area contributed by atoms with Gasteiger partial charge in [-0.05, 0) is 13.0 Å². The van der Waals surface area contributed by atoms with Gasteiger partial charge in [0.1, 0.15) is 5.52 Å². The lowest BCUT2D eigenvalue weighted by Gasteiger charge is -1.87. The monoisotopic (exact) mass is 134 g/mol. The van der Waals surface area contributed by atoms with Gasteiger partial charge in [-0.2, -0.15) is 10.2 Å². The second kappa shape index (κ2) is 1.76. The van der Waals surface area contributed by atoms with Crippen molar-refractivity contribution in [1.29, 1.82) is 0 Å². The summed E-state index contributed by atoms with van der Waals surface area (Å²) in [6, 6.07) is 1.91. The molecule has 0 spiro atoms. The summed E-state index contributed by atoms with van der Waals surface area (Å²) in [7, 11) is 0. The molecule has 0 bridgehead atoms. The number of hydrogen-bond acceptors (Lipinski definition) is 3. The van der Waals surface area contributed by atoms with Crippen LogP contribution in [0.4, 0.5) is 0 Å². The second-order valence-electron chi connectivity index (χ2n) is 2.15. The number of aryl methyl sites for hydroxylation is 1. The second-order valence-corrected chi connectivity index (χ2v) is 2.15. The Kier molecular flexibility index (Phi) is 0.943. The molecule has 4 nitrogen and oxygen atoms in total. The van der Waals surface area contributed by atoms with E-state index < -0.39 is 0 Å². The van der Waals surface area contributed by atoms with E-state index in [0.717, 1.165) is 16.7 Å². The maximum absolute atomic E-state index is 3.90. The van der Waals surface area contributed by atoms with Crippen LogP contribution in [0.5, 0.6) is 0 Å². The summed E-state index contributed by atoms with van der Waals surface area (Å²) in [5, 5.41) is 14.4. The van der Waals surface area contributed by atoms with Crippen molar-refractivity contribution in [3.05, 3.63) is 18.0 Å². The van der Waals surface area contributed by atoms with Crippen molar-refractivity contribution in [2.24, 2.45) is 0 Å². The summed E-state index contributed by atoms with van der Waals surface area (Å²) >= 11 is 0. The molecular weight excluding hydrogens is 128 g/mol. The van der Waals surface area contributed by atoms with Crippen molar-refractivity contribution in [3.8, 4) is 0 Å². The van der Waals surface area contributed by atoms with E-state index in [9.17, 15) is 0 Å². The lowest BCUT2D eigenvalue weighted by atomic mass is 10.4. The maximum atomic E-state index is 3.90. The van der Waals surface area contributed by atoms with E-state index in [-0.39, 0.29) is 0 Å². The fraction of sp³-hybridized carbons (Fsp3) is 0.167. The summed E-state index contributed by atoms with van der Waals surface area (Å²) in [6.07, 6.45) is 1.65. The first-order valence-electron chi connectivity index (χ1n) is 3.00. The summed E-state index contributed by atoms with van der Waals surface area (Å²) in [4.78, 5) is 0. The lowest BCUT2D eigenvalue weighted by molar-refractivity contribution is 1.02. The largest absolute Gasteiger partial charge is 0.276 e. The van der Waals surface area contributed by atoms with Crippen molar-refractivity contribution in [2.45, 2.75) is 6.92 Å². The molecule has 2 aromatic heterocycles. The van der Waals surface area contributed by atoms with E-state index in [1.807, 2.05) is 13.0 Å². The zero-order chi connectivity index (χ0) is 6.97. The van der Waals surface area contributed by atoms with Crippen LogP contribution in [0, 0.1) is 6.92 Å². The Labute approximate surface area is 57.3 Å². The molecule has 0 aromatic carbocycles. The third-order valence-electron chi connectivity index (χ3n) is 1.32. The van der Waals surface area contributed by atoms with E-state index in [0.29, 0.717) is 0 Å². The molecule has 0 radical (unpaired) electrons. The van der Waals surface area contributed by atoms with Crippen LogP contribution >= 0.6 is 0 Å². The summed E-state index contributed by atoms with van der Waals surface area (Å²) in [5.41, 5.74) is 2.65. The molecule has 0 saturated carbocycles. The Morgan fingerprint density at radius 2 is 2.30 bits per heavy atom. The van der Waals surface area contributed by atoms with Crippen LogP contribution in [0.15, 0.2) is 12.3 Å². The Balaban J connectivity index is 2.86. The van der Waals surface area contributed by atoms with Gasteiger partial charge in [-0.15, -0.1) is 5.10 Å². The fourth-order valence-corrected chi connectivity index (χ4v) is 0.846. The van der Waals surface area contributed by atoms with Gasteiger partial charge in [-0.1, -0.05) is 0 Å². The van der Waals surface area contributed by atoms with Crippen molar-refractivity contribution < 1.29 is 0 Å². The fourth-order valence-electron chi connectivity index (χ4n) is 0.846. The summed E-state index contributed by atoms with van der Waals surface area (Å²) < 4.78 is 0. The number of hydrogen-bond donors (Lipinski definition) is 1. The Bertz CT molecular complexity index is 351. The average Bonchev–Trinajstić information content (AvgIpc) is 2.33. The first-order chi connectivity index (χ1) is 4.86. The molecule has 0 unspecified atom stereocenters. The van der Waals surface area contributed by atoms with Gasteiger partial charge in [0.15, 0.2) is 0 Å². The molecule has 2 aromatic rings. The van der Waals surface area contributed by atoms with Crippen molar-refractivity contribution in [1.82, 2.24) is 20.4 Å². The molecule has 2 heterocycles. The van der Waals surface area contributed by atoms with Crippen LogP contribution in [-0.2, 0) is 0 Å². The minimum absolute atomic E-state index is 0.811. The topological polar surface area (TPSA) is 54.5 Å². The van der Waals surface area contributed by atoms with Gasteiger partial charge in [-0.25, -0.2) is 0 Å². The van der Waals surface area contributed by atoms with E-state index in [1.165, 1.54) is 0 Å².